The van der Waals surface area contributed by atoms with E-state index >= 15 is 0 Å². The van der Waals surface area contributed by atoms with E-state index in [0.29, 0.717) is 31.4 Å². The molecule has 3 aliphatic rings. The summed E-state index contributed by atoms with van der Waals surface area (Å²) in [5.41, 5.74) is 2.19. The van der Waals surface area contributed by atoms with Crippen LogP contribution in [0, 0.1) is 5.82 Å². The highest BCUT2D eigenvalue weighted by Crippen LogP contribution is 2.39. The van der Waals surface area contributed by atoms with Crippen LogP contribution in [-0.4, -0.2) is 50.6 Å². The standard InChI is InChI=1S/C22H22FN3O3/c23-15-3-1-13(2-4-15)14-9-19(24-12-14)22(29)25-16-5-6-17(25)11-18(10-16)26-20(27)7-8-21(26)28/h1-4,9,12,16-18,24H,5-8,10-11H2. The maximum Gasteiger partial charge on any atom is 0.270 e. The van der Waals surface area contributed by atoms with Gasteiger partial charge >= 0.3 is 0 Å². The molecule has 1 aromatic carbocycles. The lowest BCUT2D eigenvalue weighted by Crippen LogP contribution is -2.53. The highest BCUT2D eigenvalue weighted by atomic mass is 19.1. The van der Waals surface area contributed by atoms with Crippen molar-refractivity contribution in [1.82, 2.24) is 14.8 Å². The molecular formula is C22H22FN3O3. The molecule has 0 saturated carbocycles. The molecule has 0 radical (unpaired) electrons. The summed E-state index contributed by atoms with van der Waals surface area (Å²) in [7, 11) is 0. The average Bonchev–Trinajstić information content (AvgIpc) is 3.39. The summed E-state index contributed by atoms with van der Waals surface area (Å²) in [5, 5.41) is 0. The van der Waals surface area contributed by atoms with Gasteiger partial charge in [-0.2, -0.15) is 0 Å². The quantitative estimate of drug-likeness (QED) is 0.812. The normalized spacial score (nSPS) is 26.4. The van der Waals surface area contributed by atoms with Crippen molar-refractivity contribution in [2.45, 2.75) is 56.7 Å². The van der Waals surface area contributed by atoms with Crippen molar-refractivity contribution < 1.29 is 18.8 Å². The predicted molar refractivity (Wildman–Crippen MR) is 103 cm³/mol. The zero-order valence-electron chi connectivity index (χ0n) is 15.9. The minimum atomic E-state index is -0.296. The first-order chi connectivity index (χ1) is 14.0. The molecule has 4 heterocycles. The molecule has 0 spiro atoms. The highest BCUT2D eigenvalue weighted by molar-refractivity contribution is 6.02. The van der Waals surface area contributed by atoms with Gasteiger partial charge < -0.3 is 9.88 Å². The van der Waals surface area contributed by atoms with Crippen LogP contribution in [0.15, 0.2) is 36.5 Å². The summed E-state index contributed by atoms with van der Waals surface area (Å²) in [5.74, 6) is -0.502. The van der Waals surface area contributed by atoms with Crippen LogP contribution in [0.3, 0.4) is 0 Å². The van der Waals surface area contributed by atoms with E-state index in [2.05, 4.69) is 4.98 Å². The van der Waals surface area contributed by atoms with E-state index in [9.17, 15) is 18.8 Å². The molecule has 1 aromatic heterocycles. The first-order valence-electron chi connectivity index (χ1n) is 10.1. The number of halogens is 1. The number of benzene rings is 1. The van der Waals surface area contributed by atoms with Crippen LogP contribution >= 0.6 is 0 Å². The van der Waals surface area contributed by atoms with E-state index in [1.54, 1.807) is 24.4 Å². The molecule has 3 saturated heterocycles. The van der Waals surface area contributed by atoms with Crippen LogP contribution in [-0.2, 0) is 9.59 Å². The van der Waals surface area contributed by atoms with Gasteiger partial charge in [-0.1, -0.05) is 12.1 Å². The summed E-state index contributed by atoms with van der Waals surface area (Å²) < 4.78 is 13.1. The van der Waals surface area contributed by atoms with Gasteiger partial charge in [0.2, 0.25) is 11.8 Å². The largest absolute Gasteiger partial charge is 0.357 e. The molecule has 2 bridgehead atoms. The second kappa shape index (κ2) is 6.83. The topological polar surface area (TPSA) is 73.5 Å². The van der Waals surface area contributed by atoms with E-state index in [-0.39, 0.29) is 41.7 Å². The average molecular weight is 395 g/mol. The van der Waals surface area contributed by atoms with Crippen molar-refractivity contribution in [3.8, 4) is 11.1 Å². The molecule has 0 aliphatic carbocycles. The number of hydrogen-bond donors (Lipinski definition) is 1. The highest BCUT2D eigenvalue weighted by Gasteiger charge is 2.48. The van der Waals surface area contributed by atoms with Crippen molar-refractivity contribution in [3.05, 3.63) is 48.0 Å². The molecule has 3 amide bonds. The number of carbonyl (C=O) groups excluding carboxylic acids is 3. The molecule has 2 atom stereocenters. The van der Waals surface area contributed by atoms with E-state index in [1.165, 1.54) is 17.0 Å². The van der Waals surface area contributed by atoms with Gasteiger partial charge in [0.1, 0.15) is 11.5 Å². The molecule has 3 fully saturated rings. The third-order valence-corrected chi connectivity index (χ3v) is 6.49. The van der Waals surface area contributed by atoms with Gasteiger partial charge in [0.25, 0.3) is 5.91 Å². The summed E-state index contributed by atoms with van der Waals surface area (Å²) >= 11 is 0. The number of rotatable bonds is 3. The lowest BCUT2D eigenvalue weighted by atomic mass is 9.95. The van der Waals surface area contributed by atoms with Crippen molar-refractivity contribution in [2.24, 2.45) is 0 Å². The summed E-state index contributed by atoms with van der Waals surface area (Å²) in [6.07, 6.45) is 5.49. The van der Waals surface area contributed by atoms with Gasteiger partial charge in [-0.3, -0.25) is 19.3 Å². The van der Waals surface area contributed by atoms with Gasteiger partial charge in [0, 0.05) is 37.2 Å². The third kappa shape index (κ3) is 3.05. The zero-order valence-corrected chi connectivity index (χ0v) is 15.9. The Hall–Kier alpha value is -2.96. The van der Waals surface area contributed by atoms with Gasteiger partial charge in [-0.05, 0) is 55.0 Å². The van der Waals surface area contributed by atoms with Crippen molar-refractivity contribution in [2.75, 3.05) is 0 Å². The number of H-pyrrole nitrogens is 1. The fourth-order valence-corrected chi connectivity index (χ4v) is 5.16. The maximum atomic E-state index is 13.2. The maximum absolute atomic E-state index is 13.2. The Balaban J connectivity index is 1.33. The Morgan fingerprint density at radius 2 is 1.55 bits per heavy atom. The first-order valence-corrected chi connectivity index (χ1v) is 10.1. The van der Waals surface area contributed by atoms with Gasteiger partial charge in [0.05, 0.1) is 0 Å². The molecule has 6 nitrogen and oxygen atoms in total. The van der Waals surface area contributed by atoms with Crippen molar-refractivity contribution in [1.29, 1.82) is 0 Å². The van der Waals surface area contributed by atoms with Crippen LogP contribution in [0.25, 0.3) is 11.1 Å². The number of imide groups is 1. The fraction of sp³-hybridized carbons (Fsp3) is 0.409. The Kier molecular flexibility index (Phi) is 4.26. The molecule has 7 heteroatoms. The number of amides is 3. The zero-order chi connectivity index (χ0) is 20.1. The number of hydrogen-bond acceptors (Lipinski definition) is 3. The van der Waals surface area contributed by atoms with Gasteiger partial charge in [-0.15, -0.1) is 0 Å². The molecule has 29 heavy (non-hydrogen) atoms. The lowest BCUT2D eigenvalue weighted by Gasteiger charge is -2.41. The number of nitrogens with one attached hydrogen (secondary N) is 1. The van der Waals surface area contributed by atoms with Gasteiger partial charge in [-0.25, -0.2) is 4.39 Å². The van der Waals surface area contributed by atoms with Gasteiger partial charge in [0.15, 0.2) is 0 Å². The fourth-order valence-electron chi connectivity index (χ4n) is 5.16. The minimum Gasteiger partial charge on any atom is -0.357 e. The monoisotopic (exact) mass is 395 g/mol. The molecule has 2 aromatic rings. The number of aromatic amines is 1. The van der Waals surface area contributed by atoms with Crippen molar-refractivity contribution in [3.63, 3.8) is 0 Å². The summed E-state index contributed by atoms with van der Waals surface area (Å²) in [6, 6.07) is 7.98. The van der Waals surface area contributed by atoms with Crippen molar-refractivity contribution >= 4 is 17.7 Å². The van der Waals surface area contributed by atoms with Crippen LogP contribution < -0.4 is 0 Å². The summed E-state index contributed by atoms with van der Waals surface area (Å²) in [6.45, 7) is 0. The number of aromatic nitrogens is 1. The Bertz CT molecular complexity index is 953. The van der Waals surface area contributed by atoms with E-state index < -0.39 is 0 Å². The smallest absolute Gasteiger partial charge is 0.270 e. The molecule has 1 N–H and O–H groups in total. The number of likely N-dealkylation sites (tertiary alicyclic amines) is 1. The molecule has 5 rings (SSSR count). The van der Waals surface area contributed by atoms with Crippen LogP contribution in [0.2, 0.25) is 0 Å². The van der Waals surface area contributed by atoms with E-state index in [0.717, 1.165) is 24.0 Å². The van der Waals surface area contributed by atoms with E-state index in [1.807, 2.05) is 4.90 Å². The minimum absolute atomic E-state index is 0.0463. The van der Waals surface area contributed by atoms with Crippen LogP contribution in [0.5, 0.6) is 0 Å². The van der Waals surface area contributed by atoms with Crippen LogP contribution in [0.4, 0.5) is 4.39 Å². The third-order valence-electron chi connectivity index (χ3n) is 6.49. The second-order valence-corrected chi connectivity index (χ2v) is 8.19. The number of carbonyl (C=O) groups is 3. The predicted octanol–water partition coefficient (Wildman–Crippen LogP) is 3.11. The second-order valence-electron chi connectivity index (χ2n) is 8.19. The Labute approximate surface area is 167 Å². The molecule has 150 valence electrons. The Morgan fingerprint density at radius 1 is 0.931 bits per heavy atom. The van der Waals surface area contributed by atoms with E-state index in [4.69, 9.17) is 0 Å². The lowest BCUT2D eigenvalue weighted by molar-refractivity contribution is -0.142. The Morgan fingerprint density at radius 3 is 2.17 bits per heavy atom. The summed E-state index contributed by atoms with van der Waals surface area (Å²) in [4.78, 5) is 43.9. The molecular weight excluding hydrogens is 373 g/mol. The first kappa shape index (κ1) is 18.1. The number of nitrogens with zero attached hydrogens (tertiary/aromatic N) is 2. The van der Waals surface area contributed by atoms with Crippen LogP contribution in [0.1, 0.15) is 49.0 Å². The molecule has 2 unspecified atom stereocenters. The SMILES string of the molecule is O=C1CCC(=O)N1C1CC2CCC(C1)N2C(=O)c1cc(-c2ccc(F)cc2)c[nH]1. The number of fused-ring (bicyclic) bond motifs is 2. The number of piperidine rings is 1. The molecule has 3 aliphatic heterocycles.